The van der Waals surface area contributed by atoms with Crippen LogP contribution in [0.2, 0.25) is 5.15 Å². The van der Waals surface area contributed by atoms with Gasteiger partial charge in [0.2, 0.25) is 0 Å². The number of nitrogens with zero attached hydrogens (tertiary/aromatic N) is 1. The van der Waals surface area contributed by atoms with Gasteiger partial charge < -0.3 is 5.32 Å². The molecule has 1 atom stereocenters. The van der Waals surface area contributed by atoms with E-state index in [-0.39, 0.29) is 11.9 Å². The highest BCUT2D eigenvalue weighted by molar-refractivity contribution is 6.29. The predicted octanol–water partition coefficient (Wildman–Crippen LogP) is 3.84. The van der Waals surface area contributed by atoms with E-state index in [1.54, 1.807) is 12.1 Å². The van der Waals surface area contributed by atoms with Crippen LogP contribution in [-0.4, -0.2) is 10.9 Å². The molecule has 20 heavy (non-hydrogen) atoms. The van der Waals surface area contributed by atoms with E-state index in [2.05, 4.69) is 42.3 Å². The van der Waals surface area contributed by atoms with Gasteiger partial charge in [-0.15, -0.1) is 0 Å². The van der Waals surface area contributed by atoms with E-state index in [9.17, 15) is 4.79 Å². The van der Waals surface area contributed by atoms with E-state index in [0.717, 1.165) is 5.56 Å². The molecule has 0 aliphatic heterocycles. The second-order valence-corrected chi connectivity index (χ2v) is 5.31. The Morgan fingerprint density at radius 1 is 1.25 bits per heavy atom. The summed E-state index contributed by atoms with van der Waals surface area (Å²) in [6.45, 7) is 6.08. The van der Waals surface area contributed by atoms with Gasteiger partial charge in [0.1, 0.15) is 5.15 Å². The van der Waals surface area contributed by atoms with Crippen molar-refractivity contribution >= 4 is 17.5 Å². The van der Waals surface area contributed by atoms with Crippen LogP contribution in [0, 0.1) is 13.8 Å². The van der Waals surface area contributed by atoms with Gasteiger partial charge in [0.05, 0.1) is 11.6 Å². The Morgan fingerprint density at radius 2 is 2.00 bits per heavy atom. The van der Waals surface area contributed by atoms with Crippen molar-refractivity contribution in [3.8, 4) is 0 Å². The second-order valence-electron chi connectivity index (χ2n) is 4.92. The average molecular weight is 289 g/mol. The molecule has 1 unspecified atom stereocenters. The molecule has 0 fully saturated rings. The molecule has 0 bridgehead atoms. The summed E-state index contributed by atoms with van der Waals surface area (Å²) in [5, 5.41) is 3.35. The topological polar surface area (TPSA) is 42.0 Å². The van der Waals surface area contributed by atoms with E-state index < -0.39 is 0 Å². The first-order valence-electron chi connectivity index (χ1n) is 6.47. The zero-order valence-corrected chi connectivity index (χ0v) is 12.5. The van der Waals surface area contributed by atoms with Crippen LogP contribution in [0.5, 0.6) is 0 Å². The summed E-state index contributed by atoms with van der Waals surface area (Å²) in [5.74, 6) is -0.151. The zero-order chi connectivity index (χ0) is 14.7. The minimum Gasteiger partial charge on any atom is -0.345 e. The van der Waals surface area contributed by atoms with E-state index in [1.165, 1.54) is 17.3 Å². The van der Waals surface area contributed by atoms with Gasteiger partial charge in [-0.05, 0) is 44.0 Å². The minimum absolute atomic E-state index is 0.0567. The average Bonchev–Trinajstić information content (AvgIpc) is 2.39. The number of hydrogen-bond acceptors (Lipinski definition) is 2. The molecule has 2 rings (SSSR count). The van der Waals surface area contributed by atoms with Crippen molar-refractivity contribution in [3.05, 3.63) is 63.9 Å². The number of aryl methyl sites for hydroxylation is 2. The number of nitrogens with one attached hydrogen (secondary N) is 1. The normalized spacial score (nSPS) is 12.0. The molecule has 0 radical (unpaired) electrons. The van der Waals surface area contributed by atoms with E-state index in [0.29, 0.717) is 10.7 Å². The molecule has 1 N–H and O–H groups in total. The third-order valence-electron chi connectivity index (χ3n) is 3.23. The fourth-order valence-electron chi connectivity index (χ4n) is 2.18. The quantitative estimate of drug-likeness (QED) is 0.872. The summed E-state index contributed by atoms with van der Waals surface area (Å²) in [6.07, 6.45) is 1.48. The molecule has 0 aliphatic rings. The van der Waals surface area contributed by atoms with Gasteiger partial charge in [-0.1, -0.05) is 35.4 Å². The Hall–Kier alpha value is -1.87. The number of aromatic nitrogens is 1. The zero-order valence-electron chi connectivity index (χ0n) is 11.8. The van der Waals surface area contributed by atoms with Gasteiger partial charge in [-0.2, -0.15) is 0 Å². The molecule has 1 amide bonds. The highest BCUT2D eigenvalue weighted by atomic mass is 35.5. The Labute approximate surface area is 124 Å². The first-order chi connectivity index (χ1) is 9.47. The van der Waals surface area contributed by atoms with Crippen molar-refractivity contribution in [2.24, 2.45) is 0 Å². The number of halogens is 1. The molecular weight excluding hydrogens is 272 g/mol. The number of benzene rings is 1. The van der Waals surface area contributed by atoms with Gasteiger partial charge in [-0.3, -0.25) is 4.79 Å². The monoisotopic (exact) mass is 288 g/mol. The molecule has 4 heteroatoms. The lowest BCUT2D eigenvalue weighted by atomic mass is 10.00. The summed E-state index contributed by atoms with van der Waals surface area (Å²) in [5.41, 5.74) is 4.01. The summed E-state index contributed by atoms with van der Waals surface area (Å²) >= 11 is 5.71. The molecule has 104 valence electrons. The number of carbonyl (C=O) groups excluding carboxylic acids is 1. The van der Waals surface area contributed by atoms with Crippen molar-refractivity contribution in [1.29, 1.82) is 0 Å². The van der Waals surface area contributed by atoms with Crippen molar-refractivity contribution in [2.75, 3.05) is 0 Å². The van der Waals surface area contributed by atoms with E-state index in [1.807, 2.05) is 6.92 Å². The summed E-state index contributed by atoms with van der Waals surface area (Å²) in [6, 6.07) is 9.43. The maximum absolute atomic E-state index is 12.1. The number of pyridine rings is 1. The van der Waals surface area contributed by atoms with Crippen molar-refractivity contribution in [2.45, 2.75) is 26.8 Å². The molecular formula is C16H17ClN2O. The molecule has 0 aliphatic carbocycles. The molecule has 0 saturated carbocycles. The van der Waals surface area contributed by atoms with Crippen molar-refractivity contribution in [1.82, 2.24) is 10.3 Å². The van der Waals surface area contributed by atoms with Gasteiger partial charge in [0.15, 0.2) is 0 Å². The van der Waals surface area contributed by atoms with Crippen LogP contribution < -0.4 is 5.32 Å². The molecule has 1 heterocycles. The van der Waals surface area contributed by atoms with Gasteiger partial charge in [0, 0.05) is 6.20 Å². The highest BCUT2D eigenvalue weighted by Gasteiger charge is 2.13. The van der Waals surface area contributed by atoms with Crippen LogP contribution in [0.4, 0.5) is 0 Å². The third kappa shape index (κ3) is 3.36. The maximum atomic E-state index is 12.1. The number of rotatable bonds is 3. The van der Waals surface area contributed by atoms with Crippen molar-refractivity contribution in [3.63, 3.8) is 0 Å². The molecule has 0 spiro atoms. The summed E-state index contributed by atoms with van der Waals surface area (Å²) in [4.78, 5) is 16.0. The number of amides is 1. The lowest BCUT2D eigenvalue weighted by molar-refractivity contribution is 0.0939. The fourth-order valence-corrected chi connectivity index (χ4v) is 2.29. The second kappa shape index (κ2) is 6.06. The molecule has 1 aromatic carbocycles. The third-order valence-corrected chi connectivity index (χ3v) is 3.45. The lowest BCUT2D eigenvalue weighted by Crippen LogP contribution is -2.27. The van der Waals surface area contributed by atoms with Crippen LogP contribution in [0.25, 0.3) is 0 Å². The maximum Gasteiger partial charge on any atom is 0.253 e. The first kappa shape index (κ1) is 14.5. The standard InChI is InChI=1S/C16H17ClN2O/c1-10-4-6-14(11(2)8-10)12(3)19-16(20)13-5-7-15(17)18-9-13/h4-9,12H,1-3H3,(H,19,20). The van der Waals surface area contributed by atoms with Crippen LogP contribution in [0.15, 0.2) is 36.5 Å². The summed E-state index contributed by atoms with van der Waals surface area (Å²) in [7, 11) is 0. The van der Waals surface area contributed by atoms with Crippen molar-refractivity contribution < 1.29 is 4.79 Å². The Bertz CT molecular complexity index is 623. The molecule has 1 aromatic heterocycles. The molecule has 3 nitrogen and oxygen atoms in total. The SMILES string of the molecule is Cc1ccc(C(C)NC(=O)c2ccc(Cl)nc2)c(C)c1. The summed E-state index contributed by atoms with van der Waals surface area (Å²) < 4.78 is 0. The largest absolute Gasteiger partial charge is 0.345 e. The van der Waals surface area contributed by atoms with E-state index >= 15 is 0 Å². The Kier molecular flexibility index (Phi) is 4.40. The van der Waals surface area contributed by atoms with Gasteiger partial charge >= 0.3 is 0 Å². The minimum atomic E-state index is -0.151. The van der Waals surface area contributed by atoms with Crippen LogP contribution in [0.1, 0.15) is 40.0 Å². The predicted molar refractivity (Wildman–Crippen MR) is 81.0 cm³/mol. The molecule has 0 saturated heterocycles. The van der Waals surface area contributed by atoms with Crippen LogP contribution in [0.3, 0.4) is 0 Å². The van der Waals surface area contributed by atoms with Gasteiger partial charge in [0.25, 0.3) is 5.91 Å². The Morgan fingerprint density at radius 3 is 2.60 bits per heavy atom. The lowest BCUT2D eigenvalue weighted by Gasteiger charge is -2.17. The highest BCUT2D eigenvalue weighted by Crippen LogP contribution is 2.19. The molecule has 2 aromatic rings. The Balaban J connectivity index is 2.12. The first-order valence-corrected chi connectivity index (χ1v) is 6.84. The number of hydrogen-bond donors (Lipinski definition) is 1. The van der Waals surface area contributed by atoms with E-state index in [4.69, 9.17) is 11.6 Å². The van der Waals surface area contributed by atoms with Crippen LogP contribution >= 0.6 is 11.6 Å². The number of carbonyl (C=O) groups is 1. The smallest absolute Gasteiger partial charge is 0.253 e. The van der Waals surface area contributed by atoms with Gasteiger partial charge in [-0.25, -0.2) is 4.98 Å². The fraction of sp³-hybridized carbons (Fsp3) is 0.250. The van der Waals surface area contributed by atoms with Crippen LogP contribution in [-0.2, 0) is 0 Å².